The molecule has 6 nitrogen and oxygen atoms in total. The van der Waals surface area contributed by atoms with E-state index in [1.54, 1.807) is 17.1 Å². The minimum atomic E-state index is 0.491. The van der Waals surface area contributed by atoms with E-state index >= 15 is 0 Å². The van der Waals surface area contributed by atoms with Gasteiger partial charge in [0.25, 0.3) is 0 Å². The standard InChI is InChI=1S/C14H20N6/c1-20-13(15)11(9-17-20)12-7-8-16-14(19-12)18-10-5-3-2-4-6-10/h7-10H,2-6,15H2,1H3,(H,16,18,19). The summed E-state index contributed by atoms with van der Waals surface area (Å²) in [7, 11) is 1.82. The number of anilines is 2. The van der Waals surface area contributed by atoms with Crippen molar-refractivity contribution < 1.29 is 0 Å². The third-order valence-electron chi connectivity index (χ3n) is 3.85. The Kier molecular flexibility index (Phi) is 3.54. The zero-order valence-electron chi connectivity index (χ0n) is 11.7. The molecule has 0 saturated heterocycles. The van der Waals surface area contributed by atoms with Gasteiger partial charge in [-0.25, -0.2) is 9.97 Å². The van der Waals surface area contributed by atoms with Crippen LogP contribution < -0.4 is 11.1 Å². The van der Waals surface area contributed by atoms with Gasteiger partial charge < -0.3 is 11.1 Å². The van der Waals surface area contributed by atoms with Crippen molar-refractivity contribution in [3.63, 3.8) is 0 Å². The molecule has 20 heavy (non-hydrogen) atoms. The maximum Gasteiger partial charge on any atom is 0.223 e. The highest BCUT2D eigenvalue weighted by Gasteiger charge is 2.15. The Hall–Kier alpha value is -2.11. The van der Waals surface area contributed by atoms with Gasteiger partial charge in [-0.3, -0.25) is 4.68 Å². The molecule has 0 amide bonds. The van der Waals surface area contributed by atoms with Crippen molar-refractivity contribution in [2.24, 2.45) is 7.05 Å². The van der Waals surface area contributed by atoms with E-state index in [4.69, 9.17) is 5.73 Å². The molecule has 0 atom stereocenters. The van der Waals surface area contributed by atoms with Crippen LogP contribution in [0.1, 0.15) is 32.1 Å². The van der Waals surface area contributed by atoms with Crippen molar-refractivity contribution in [2.75, 3.05) is 11.1 Å². The number of nitrogens with zero attached hydrogens (tertiary/aromatic N) is 4. The molecule has 1 aliphatic carbocycles. The Bertz CT molecular complexity index is 585. The zero-order valence-corrected chi connectivity index (χ0v) is 11.7. The first-order valence-electron chi connectivity index (χ1n) is 7.11. The molecule has 0 bridgehead atoms. The lowest BCUT2D eigenvalue weighted by atomic mass is 9.96. The Balaban J connectivity index is 1.80. The van der Waals surface area contributed by atoms with Crippen molar-refractivity contribution in [2.45, 2.75) is 38.1 Å². The first-order valence-corrected chi connectivity index (χ1v) is 7.11. The molecule has 1 fully saturated rings. The zero-order chi connectivity index (χ0) is 13.9. The molecule has 0 aromatic carbocycles. The summed E-state index contributed by atoms with van der Waals surface area (Å²) < 4.78 is 1.64. The molecule has 1 saturated carbocycles. The molecule has 3 rings (SSSR count). The van der Waals surface area contributed by atoms with Gasteiger partial charge in [0.2, 0.25) is 5.95 Å². The van der Waals surface area contributed by atoms with E-state index in [9.17, 15) is 0 Å². The second-order valence-electron chi connectivity index (χ2n) is 5.31. The quantitative estimate of drug-likeness (QED) is 0.895. The van der Waals surface area contributed by atoms with Crippen LogP contribution in [-0.4, -0.2) is 25.8 Å². The van der Waals surface area contributed by atoms with Crippen LogP contribution in [-0.2, 0) is 7.05 Å². The number of aromatic nitrogens is 4. The molecule has 3 N–H and O–H groups in total. The second kappa shape index (κ2) is 5.48. The molecule has 1 aliphatic rings. The lowest BCUT2D eigenvalue weighted by Crippen LogP contribution is -2.23. The molecule has 2 heterocycles. The number of nitrogen functional groups attached to an aromatic ring is 1. The van der Waals surface area contributed by atoms with Crippen molar-refractivity contribution in [1.29, 1.82) is 0 Å². The summed E-state index contributed by atoms with van der Waals surface area (Å²) >= 11 is 0. The topological polar surface area (TPSA) is 81.7 Å². The van der Waals surface area contributed by atoms with Crippen LogP contribution in [0.25, 0.3) is 11.3 Å². The highest BCUT2D eigenvalue weighted by molar-refractivity contribution is 5.70. The van der Waals surface area contributed by atoms with Gasteiger partial charge in [-0.05, 0) is 18.9 Å². The number of hydrogen-bond donors (Lipinski definition) is 2. The minimum Gasteiger partial charge on any atom is -0.383 e. The van der Waals surface area contributed by atoms with Crippen LogP contribution in [0.2, 0.25) is 0 Å². The van der Waals surface area contributed by atoms with E-state index in [0.29, 0.717) is 17.8 Å². The van der Waals surface area contributed by atoms with Crippen molar-refractivity contribution in [3.05, 3.63) is 18.5 Å². The summed E-state index contributed by atoms with van der Waals surface area (Å²) in [6, 6.07) is 2.35. The highest BCUT2D eigenvalue weighted by Crippen LogP contribution is 2.24. The van der Waals surface area contributed by atoms with Gasteiger partial charge in [-0.1, -0.05) is 19.3 Å². The normalized spacial score (nSPS) is 16.2. The minimum absolute atomic E-state index is 0.491. The summed E-state index contributed by atoms with van der Waals surface area (Å²) in [5, 5.41) is 7.58. The van der Waals surface area contributed by atoms with Gasteiger partial charge in [0, 0.05) is 19.3 Å². The van der Waals surface area contributed by atoms with E-state index in [0.717, 1.165) is 11.3 Å². The maximum absolute atomic E-state index is 5.99. The van der Waals surface area contributed by atoms with Crippen LogP contribution in [0.15, 0.2) is 18.5 Å². The lowest BCUT2D eigenvalue weighted by Gasteiger charge is -2.22. The van der Waals surface area contributed by atoms with Gasteiger partial charge >= 0.3 is 0 Å². The molecule has 106 valence electrons. The summed E-state index contributed by atoms with van der Waals surface area (Å²) in [5.41, 5.74) is 7.65. The maximum atomic E-state index is 5.99. The van der Waals surface area contributed by atoms with Gasteiger partial charge in [-0.2, -0.15) is 5.10 Å². The van der Waals surface area contributed by atoms with Crippen LogP contribution in [0.4, 0.5) is 11.8 Å². The number of rotatable bonds is 3. The summed E-state index contributed by atoms with van der Waals surface area (Å²) in [4.78, 5) is 8.86. The van der Waals surface area contributed by atoms with E-state index in [2.05, 4.69) is 20.4 Å². The average Bonchev–Trinajstić information content (AvgIpc) is 2.80. The van der Waals surface area contributed by atoms with E-state index in [1.165, 1.54) is 32.1 Å². The third-order valence-corrected chi connectivity index (χ3v) is 3.85. The van der Waals surface area contributed by atoms with E-state index < -0.39 is 0 Å². The predicted octanol–water partition coefficient (Wildman–Crippen LogP) is 2.20. The number of hydrogen-bond acceptors (Lipinski definition) is 5. The summed E-state index contributed by atoms with van der Waals surface area (Å²) in [5.74, 6) is 1.30. The Morgan fingerprint density at radius 1 is 1.30 bits per heavy atom. The predicted molar refractivity (Wildman–Crippen MR) is 79.1 cm³/mol. The van der Waals surface area contributed by atoms with Crippen molar-refractivity contribution >= 4 is 11.8 Å². The summed E-state index contributed by atoms with van der Waals surface area (Å²) in [6.45, 7) is 0. The molecular formula is C14H20N6. The summed E-state index contributed by atoms with van der Waals surface area (Å²) in [6.07, 6.45) is 9.80. The van der Waals surface area contributed by atoms with Gasteiger partial charge in [0.1, 0.15) is 5.82 Å². The number of aryl methyl sites for hydroxylation is 1. The van der Waals surface area contributed by atoms with Gasteiger partial charge in [0.15, 0.2) is 0 Å². The van der Waals surface area contributed by atoms with Gasteiger partial charge in [0.05, 0.1) is 17.5 Å². The Morgan fingerprint density at radius 3 is 2.80 bits per heavy atom. The highest BCUT2D eigenvalue weighted by atomic mass is 15.3. The van der Waals surface area contributed by atoms with Gasteiger partial charge in [-0.15, -0.1) is 0 Å². The molecule has 6 heteroatoms. The SMILES string of the molecule is Cn1ncc(-c2ccnc(NC3CCCCC3)n2)c1N. The van der Waals surface area contributed by atoms with E-state index in [-0.39, 0.29) is 0 Å². The van der Waals surface area contributed by atoms with Crippen LogP contribution in [0.3, 0.4) is 0 Å². The molecule has 2 aromatic rings. The van der Waals surface area contributed by atoms with Crippen molar-refractivity contribution in [1.82, 2.24) is 19.7 Å². The molecule has 2 aromatic heterocycles. The first kappa shape index (κ1) is 12.9. The Morgan fingerprint density at radius 2 is 2.10 bits per heavy atom. The largest absolute Gasteiger partial charge is 0.383 e. The number of nitrogens with two attached hydrogens (primary N) is 1. The smallest absolute Gasteiger partial charge is 0.223 e. The Labute approximate surface area is 118 Å². The molecule has 0 aliphatic heterocycles. The van der Waals surface area contributed by atoms with E-state index in [1.807, 2.05) is 13.1 Å². The van der Waals surface area contributed by atoms with Crippen molar-refractivity contribution in [3.8, 4) is 11.3 Å². The molecule has 0 unspecified atom stereocenters. The molecule has 0 spiro atoms. The number of nitrogens with one attached hydrogen (secondary N) is 1. The lowest BCUT2D eigenvalue weighted by molar-refractivity contribution is 0.461. The fraction of sp³-hybridized carbons (Fsp3) is 0.500. The fourth-order valence-corrected chi connectivity index (χ4v) is 2.65. The van der Waals surface area contributed by atoms with Crippen LogP contribution in [0.5, 0.6) is 0 Å². The van der Waals surface area contributed by atoms with Crippen LogP contribution >= 0.6 is 0 Å². The first-order chi connectivity index (χ1) is 9.74. The third kappa shape index (κ3) is 2.59. The van der Waals surface area contributed by atoms with Crippen LogP contribution in [0, 0.1) is 0 Å². The fourth-order valence-electron chi connectivity index (χ4n) is 2.65. The average molecular weight is 272 g/mol. The second-order valence-corrected chi connectivity index (χ2v) is 5.31. The monoisotopic (exact) mass is 272 g/mol. The molecular weight excluding hydrogens is 252 g/mol. The molecule has 0 radical (unpaired) electrons.